The summed E-state index contributed by atoms with van der Waals surface area (Å²) in [5.41, 5.74) is 6.73. The Morgan fingerprint density at radius 2 is 1.80 bits per heavy atom. The van der Waals surface area contributed by atoms with Gasteiger partial charge in [-0.2, -0.15) is 0 Å². The number of thiazole rings is 1. The van der Waals surface area contributed by atoms with Gasteiger partial charge in [0.2, 0.25) is 0 Å². The molecular weight excluding hydrogens is 742 g/mol. The van der Waals surface area contributed by atoms with Gasteiger partial charge in [0.15, 0.2) is 4.80 Å². The van der Waals surface area contributed by atoms with Crippen molar-refractivity contribution in [2.75, 3.05) is 0 Å². The van der Waals surface area contributed by atoms with Crippen molar-refractivity contribution in [1.82, 2.24) is 4.57 Å². The zero-order chi connectivity index (χ0) is 31.2. The number of hydrogen-bond donors (Lipinski definition) is 0. The molecule has 2 aliphatic rings. The first-order valence-electron chi connectivity index (χ1n) is 14.0. The van der Waals surface area contributed by atoms with Crippen molar-refractivity contribution in [1.29, 1.82) is 0 Å². The van der Waals surface area contributed by atoms with Crippen molar-refractivity contribution in [3.63, 3.8) is 0 Å². The average molecular weight is 764 g/mol. The molecule has 1 atom stereocenters. The number of non-ortho nitro benzene ring substituents is 1. The number of fused-ring (bicyclic) bond motifs is 3. The first-order valence-corrected chi connectivity index (χ1v) is 16.8. The van der Waals surface area contributed by atoms with Crippen molar-refractivity contribution in [3.8, 4) is 5.75 Å². The standard InChI is InChI=1S/C34H22Br2ClN3O4S/c35-23-15-22(32(28(36)17-23)44-18-19-5-12-25(13-6-19)40(42)43)16-29-33(41)39-31(21-7-10-24(37)11-8-21)27-14-9-20-3-1-2-4-26(20)30(27)38-34(39)45-29/h1-8,10-13,15-17,31H,9,14,18H2/b29-16+/t31-/m1/s1. The van der Waals surface area contributed by atoms with E-state index in [9.17, 15) is 14.9 Å². The number of benzene rings is 4. The third-order valence-corrected chi connectivity index (χ3v) is 10.2. The summed E-state index contributed by atoms with van der Waals surface area (Å²) in [7, 11) is 0. The zero-order valence-corrected chi connectivity index (χ0v) is 28.1. The fraction of sp³-hybridized carbons (Fsp3) is 0.118. The molecule has 5 aromatic rings. The van der Waals surface area contributed by atoms with Gasteiger partial charge in [0.1, 0.15) is 12.4 Å². The van der Waals surface area contributed by atoms with Crippen LogP contribution in [0.25, 0.3) is 11.8 Å². The van der Waals surface area contributed by atoms with Crippen molar-refractivity contribution in [3.05, 3.63) is 162 Å². The molecule has 1 aromatic heterocycles. The Labute approximate surface area is 283 Å². The average Bonchev–Trinajstić information content (AvgIpc) is 3.34. The Bertz CT molecular complexity index is 2210. The van der Waals surface area contributed by atoms with Gasteiger partial charge in [-0.3, -0.25) is 19.5 Å². The summed E-state index contributed by atoms with van der Waals surface area (Å²) in [6.07, 6.45) is 3.51. The zero-order valence-electron chi connectivity index (χ0n) is 23.4. The molecule has 7 nitrogen and oxygen atoms in total. The van der Waals surface area contributed by atoms with E-state index >= 15 is 0 Å². The fourth-order valence-electron chi connectivity index (χ4n) is 5.82. The van der Waals surface area contributed by atoms with E-state index in [0.29, 0.717) is 30.1 Å². The van der Waals surface area contributed by atoms with Crippen molar-refractivity contribution in [2.24, 2.45) is 4.99 Å². The van der Waals surface area contributed by atoms with Crippen LogP contribution in [0.4, 0.5) is 5.69 Å². The van der Waals surface area contributed by atoms with Gasteiger partial charge in [-0.1, -0.05) is 75.3 Å². The predicted octanol–water partition coefficient (Wildman–Crippen LogP) is 7.98. The van der Waals surface area contributed by atoms with Gasteiger partial charge in [0, 0.05) is 32.8 Å². The van der Waals surface area contributed by atoms with Crippen LogP contribution in [-0.4, -0.2) is 9.49 Å². The molecule has 1 aliphatic heterocycles. The second-order valence-corrected chi connectivity index (χ2v) is 13.9. The van der Waals surface area contributed by atoms with Gasteiger partial charge >= 0.3 is 0 Å². The normalized spacial score (nSPS) is 15.6. The van der Waals surface area contributed by atoms with Gasteiger partial charge in [0.05, 0.1) is 25.7 Å². The van der Waals surface area contributed by atoms with Crippen molar-refractivity contribution < 1.29 is 9.66 Å². The minimum atomic E-state index is -0.434. The van der Waals surface area contributed by atoms with Crippen LogP contribution in [0.1, 0.15) is 40.3 Å². The fourth-order valence-corrected chi connectivity index (χ4v) is 8.31. The summed E-state index contributed by atoms with van der Waals surface area (Å²) >= 11 is 14.8. The van der Waals surface area contributed by atoms with Gasteiger partial charge in [-0.15, -0.1) is 0 Å². The molecule has 7 rings (SSSR count). The summed E-state index contributed by atoms with van der Waals surface area (Å²) in [4.78, 5) is 30.6. The predicted molar refractivity (Wildman–Crippen MR) is 183 cm³/mol. The molecule has 0 radical (unpaired) electrons. The van der Waals surface area contributed by atoms with Gasteiger partial charge < -0.3 is 4.74 Å². The number of nitro groups is 1. The van der Waals surface area contributed by atoms with E-state index in [0.717, 1.165) is 45.3 Å². The molecule has 224 valence electrons. The van der Waals surface area contributed by atoms with E-state index in [4.69, 9.17) is 21.3 Å². The minimum absolute atomic E-state index is 0.0155. The van der Waals surface area contributed by atoms with E-state index in [1.807, 2.05) is 48.5 Å². The van der Waals surface area contributed by atoms with E-state index in [1.165, 1.54) is 29.0 Å². The molecule has 11 heteroatoms. The lowest BCUT2D eigenvalue weighted by Gasteiger charge is -2.30. The number of nitro benzene ring substituents is 1. The molecule has 1 aliphatic carbocycles. The highest BCUT2D eigenvalue weighted by Crippen LogP contribution is 2.41. The Morgan fingerprint density at radius 3 is 2.56 bits per heavy atom. The quantitative estimate of drug-likeness (QED) is 0.130. The summed E-state index contributed by atoms with van der Waals surface area (Å²) in [6.45, 7) is 0.184. The molecule has 45 heavy (non-hydrogen) atoms. The van der Waals surface area contributed by atoms with Crippen LogP contribution in [-0.2, 0) is 13.0 Å². The molecular formula is C34H22Br2ClN3O4S. The lowest BCUT2D eigenvalue weighted by atomic mass is 9.83. The maximum absolute atomic E-state index is 14.3. The second-order valence-electron chi connectivity index (χ2n) is 10.7. The highest BCUT2D eigenvalue weighted by atomic mass is 79.9. The topological polar surface area (TPSA) is 86.7 Å². The number of ether oxygens (including phenoxy) is 1. The van der Waals surface area contributed by atoms with Crippen LogP contribution >= 0.6 is 54.8 Å². The molecule has 2 heterocycles. The first kappa shape index (κ1) is 29.9. The molecule has 0 spiro atoms. The maximum Gasteiger partial charge on any atom is 0.271 e. The highest BCUT2D eigenvalue weighted by Gasteiger charge is 2.32. The number of nitrogens with zero attached hydrogens (tertiary/aromatic N) is 3. The Balaban J connectivity index is 1.35. The third-order valence-electron chi connectivity index (χ3n) is 7.91. The molecule has 0 fully saturated rings. The second kappa shape index (κ2) is 12.2. The largest absolute Gasteiger partial charge is 0.487 e. The maximum atomic E-state index is 14.3. The molecule has 0 amide bonds. The smallest absolute Gasteiger partial charge is 0.271 e. The number of hydrogen-bond acceptors (Lipinski definition) is 6. The molecule has 0 saturated heterocycles. The van der Waals surface area contributed by atoms with Crippen LogP contribution < -0.4 is 19.6 Å². The summed E-state index contributed by atoms with van der Waals surface area (Å²) in [5, 5.41) is 11.7. The first-order chi connectivity index (χ1) is 21.8. The van der Waals surface area contributed by atoms with E-state index < -0.39 is 4.92 Å². The Kier molecular flexibility index (Phi) is 8.07. The minimum Gasteiger partial charge on any atom is -0.487 e. The van der Waals surface area contributed by atoms with Crippen LogP contribution in [0.3, 0.4) is 0 Å². The van der Waals surface area contributed by atoms with E-state index in [2.05, 4.69) is 50.1 Å². The lowest BCUT2D eigenvalue weighted by molar-refractivity contribution is -0.384. The van der Waals surface area contributed by atoms with Gasteiger partial charge in [-0.25, -0.2) is 4.99 Å². The Morgan fingerprint density at radius 1 is 1.04 bits per heavy atom. The number of aromatic nitrogens is 1. The van der Waals surface area contributed by atoms with Gasteiger partial charge in [0.25, 0.3) is 11.2 Å². The van der Waals surface area contributed by atoms with Crippen molar-refractivity contribution >= 4 is 72.3 Å². The monoisotopic (exact) mass is 761 g/mol. The lowest BCUT2D eigenvalue weighted by Crippen LogP contribution is -2.38. The summed E-state index contributed by atoms with van der Waals surface area (Å²) < 4.78 is 10.1. The van der Waals surface area contributed by atoms with Crippen LogP contribution in [0, 0.1) is 10.1 Å². The molecule has 0 unspecified atom stereocenters. The Hall–Kier alpha value is -3.83. The summed E-state index contributed by atoms with van der Waals surface area (Å²) in [6, 6.07) is 25.7. The molecule has 0 N–H and O–H groups in total. The van der Waals surface area contributed by atoms with Gasteiger partial charge in [-0.05, 0) is 93.5 Å². The van der Waals surface area contributed by atoms with Crippen LogP contribution in [0.2, 0.25) is 5.02 Å². The van der Waals surface area contributed by atoms with Crippen LogP contribution in [0.5, 0.6) is 5.75 Å². The number of allylic oxidation sites excluding steroid dienone is 1. The molecule has 0 saturated carbocycles. The van der Waals surface area contributed by atoms with E-state index in [1.54, 1.807) is 16.7 Å². The third kappa shape index (κ3) is 5.72. The van der Waals surface area contributed by atoms with Crippen molar-refractivity contribution in [2.45, 2.75) is 25.5 Å². The molecule has 4 aromatic carbocycles. The summed E-state index contributed by atoms with van der Waals surface area (Å²) in [5.74, 6) is 0.546. The number of aryl methyl sites for hydroxylation is 1. The SMILES string of the molecule is O=c1/c(=C\c2cc(Br)cc(Br)c2OCc2ccc([N+](=O)[O-])cc2)sc2n1[C@H](c1ccc(Cl)cc1)C1=C(N=2)c2ccccc2CC1. The number of rotatable bonds is 6. The number of halogens is 3. The van der Waals surface area contributed by atoms with E-state index in [-0.39, 0.29) is 23.9 Å². The molecule has 0 bridgehead atoms. The highest BCUT2D eigenvalue weighted by molar-refractivity contribution is 9.11. The van der Waals surface area contributed by atoms with Crippen LogP contribution in [0.15, 0.2) is 109 Å².